The van der Waals surface area contributed by atoms with Gasteiger partial charge >= 0.3 is 0 Å². The molecule has 0 bridgehead atoms. The molecule has 0 radical (unpaired) electrons. The first-order chi connectivity index (χ1) is 9.72. The summed E-state index contributed by atoms with van der Waals surface area (Å²) < 4.78 is 5.22. The molecule has 1 aromatic carbocycles. The molecule has 0 fully saturated rings. The lowest BCUT2D eigenvalue weighted by Crippen LogP contribution is -2.32. The zero-order valence-corrected chi connectivity index (χ0v) is 11.7. The summed E-state index contributed by atoms with van der Waals surface area (Å²) in [6, 6.07) is 11.7. The van der Waals surface area contributed by atoms with E-state index in [0.717, 1.165) is 12.0 Å². The summed E-state index contributed by atoms with van der Waals surface area (Å²) in [6.07, 6.45) is 2.33. The van der Waals surface area contributed by atoms with Gasteiger partial charge < -0.3 is 15.1 Å². The van der Waals surface area contributed by atoms with E-state index in [1.807, 2.05) is 35.2 Å². The Morgan fingerprint density at radius 2 is 2.00 bits per heavy atom. The zero-order chi connectivity index (χ0) is 14.4. The molecule has 0 atom stereocenters. The molecule has 1 heterocycles. The standard InChI is InChI=1S/C16H20N2O2/c1-13-15(8-11-20-13)16(19)18(10-5-9-17)12-14-6-3-2-4-7-14/h2-4,6-8,11H,5,9-10,12,17H2,1H3. The molecule has 1 aromatic heterocycles. The number of benzene rings is 1. The van der Waals surface area contributed by atoms with Crippen molar-refractivity contribution in [3.63, 3.8) is 0 Å². The Kier molecular flexibility index (Phi) is 4.96. The molecule has 20 heavy (non-hydrogen) atoms. The third-order valence-corrected chi connectivity index (χ3v) is 3.22. The van der Waals surface area contributed by atoms with Crippen molar-refractivity contribution in [3.8, 4) is 0 Å². The maximum atomic E-state index is 12.6. The number of carbonyl (C=O) groups excluding carboxylic acids is 1. The smallest absolute Gasteiger partial charge is 0.257 e. The van der Waals surface area contributed by atoms with Crippen molar-refractivity contribution in [2.75, 3.05) is 13.1 Å². The first kappa shape index (κ1) is 14.3. The van der Waals surface area contributed by atoms with E-state index in [1.165, 1.54) is 0 Å². The van der Waals surface area contributed by atoms with Gasteiger partial charge in [-0.1, -0.05) is 30.3 Å². The van der Waals surface area contributed by atoms with Crippen molar-refractivity contribution >= 4 is 5.91 Å². The Morgan fingerprint density at radius 1 is 1.25 bits per heavy atom. The second-order valence-corrected chi connectivity index (χ2v) is 4.74. The SMILES string of the molecule is Cc1occc1C(=O)N(CCCN)Cc1ccccc1. The van der Waals surface area contributed by atoms with Crippen LogP contribution in [0.1, 0.15) is 28.1 Å². The van der Waals surface area contributed by atoms with E-state index in [9.17, 15) is 4.79 Å². The van der Waals surface area contributed by atoms with E-state index >= 15 is 0 Å². The lowest BCUT2D eigenvalue weighted by Gasteiger charge is -2.22. The maximum Gasteiger partial charge on any atom is 0.257 e. The number of nitrogens with two attached hydrogens (primary N) is 1. The van der Waals surface area contributed by atoms with E-state index < -0.39 is 0 Å². The van der Waals surface area contributed by atoms with Gasteiger partial charge in [0.25, 0.3) is 5.91 Å². The van der Waals surface area contributed by atoms with E-state index in [4.69, 9.17) is 10.2 Å². The van der Waals surface area contributed by atoms with Crippen molar-refractivity contribution in [1.29, 1.82) is 0 Å². The highest BCUT2D eigenvalue weighted by molar-refractivity contribution is 5.95. The number of aryl methyl sites for hydroxylation is 1. The van der Waals surface area contributed by atoms with Crippen LogP contribution in [0, 0.1) is 6.92 Å². The molecule has 2 aromatic rings. The first-order valence-electron chi connectivity index (χ1n) is 6.79. The summed E-state index contributed by atoms with van der Waals surface area (Å²) in [5, 5.41) is 0. The average molecular weight is 272 g/mol. The highest BCUT2D eigenvalue weighted by atomic mass is 16.3. The summed E-state index contributed by atoms with van der Waals surface area (Å²) in [6.45, 7) is 3.61. The number of carbonyl (C=O) groups is 1. The lowest BCUT2D eigenvalue weighted by molar-refractivity contribution is 0.0740. The molecule has 2 N–H and O–H groups in total. The van der Waals surface area contributed by atoms with Gasteiger partial charge in [0.2, 0.25) is 0 Å². The van der Waals surface area contributed by atoms with Crippen LogP contribution in [-0.4, -0.2) is 23.9 Å². The van der Waals surface area contributed by atoms with E-state index in [0.29, 0.717) is 31.0 Å². The van der Waals surface area contributed by atoms with Gasteiger partial charge in [-0.3, -0.25) is 4.79 Å². The van der Waals surface area contributed by atoms with Crippen LogP contribution in [0.15, 0.2) is 47.1 Å². The number of amides is 1. The van der Waals surface area contributed by atoms with Crippen LogP contribution in [0.3, 0.4) is 0 Å². The number of rotatable bonds is 6. The van der Waals surface area contributed by atoms with Gasteiger partial charge in [-0.15, -0.1) is 0 Å². The highest BCUT2D eigenvalue weighted by Crippen LogP contribution is 2.15. The summed E-state index contributed by atoms with van der Waals surface area (Å²) >= 11 is 0. The molecule has 4 nitrogen and oxygen atoms in total. The van der Waals surface area contributed by atoms with Crippen molar-refractivity contribution in [2.24, 2.45) is 5.73 Å². The van der Waals surface area contributed by atoms with Crippen molar-refractivity contribution in [2.45, 2.75) is 19.9 Å². The van der Waals surface area contributed by atoms with Crippen molar-refractivity contribution < 1.29 is 9.21 Å². The van der Waals surface area contributed by atoms with E-state index in [1.54, 1.807) is 19.3 Å². The predicted molar refractivity (Wildman–Crippen MR) is 78.3 cm³/mol. The quantitative estimate of drug-likeness (QED) is 0.879. The Hall–Kier alpha value is -2.07. The third kappa shape index (κ3) is 3.48. The fraction of sp³-hybridized carbons (Fsp3) is 0.312. The van der Waals surface area contributed by atoms with Gasteiger partial charge in [-0.25, -0.2) is 0 Å². The maximum absolute atomic E-state index is 12.6. The van der Waals surface area contributed by atoms with Gasteiger partial charge in [0.15, 0.2) is 0 Å². The second kappa shape index (κ2) is 6.91. The summed E-state index contributed by atoms with van der Waals surface area (Å²) in [5.41, 5.74) is 7.30. The molecule has 106 valence electrons. The number of hydrogen-bond donors (Lipinski definition) is 1. The van der Waals surface area contributed by atoms with Crippen LogP contribution in [0.5, 0.6) is 0 Å². The monoisotopic (exact) mass is 272 g/mol. The van der Waals surface area contributed by atoms with Crippen LogP contribution in [-0.2, 0) is 6.54 Å². The second-order valence-electron chi connectivity index (χ2n) is 4.74. The molecule has 0 aliphatic carbocycles. The minimum absolute atomic E-state index is 0.00597. The van der Waals surface area contributed by atoms with Crippen LogP contribution in [0.4, 0.5) is 0 Å². The lowest BCUT2D eigenvalue weighted by atomic mass is 10.1. The molecule has 0 aliphatic heterocycles. The molecular formula is C16H20N2O2. The van der Waals surface area contributed by atoms with Crippen LogP contribution in [0.2, 0.25) is 0 Å². The fourth-order valence-electron chi connectivity index (χ4n) is 2.12. The van der Waals surface area contributed by atoms with Gasteiger partial charge in [-0.05, 0) is 31.5 Å². The molecule has 0 saturated carbocycles. The predicted octanol–water partition coefficient (Wildman–Crippen LogP) is 2.58. The average Bonchev–Trinajstić information content (AvgIpc) is 2.90. The van der Waals surface area contributed by atoms with Gasteiger partial charge in [0, 0.05) is 13.1 Å². The first-order valence-corrected chi connectivity index (χ1v) is 6.79. The minimum atomic E-state index is -0.00597. The molecule has 0 spiro atoms. The van der Waals surface area contributed by atoms with Crippen LogP contribution >= 0.6 is 0 Å². The van der Waals surface area contributed by atoms with E-state index in [2.05, 4.69) is 0 Å². The fourth-order valence-corrected chi connectivity index (χ4v) is 2.12. The Bertz CT molecular complexity index is 549. The van der Waals surface area contributed by atoms with E-state index in [-0.39, 0.29) is 5.91 Å². The highest BCUT2D eigenvalue weighted by Gasteiger charge is 2.19. The minimum Gasteiger partial charge on any atom is -0.469 e. The Labute approximate surface area is 119 Å². The topological polar surface area (TPSA) is 59.5 Å². The van der Waals surface area contributed by atoms with Gasteiger partial charge in [0.1, 0.15) is 5.76 Å². The molecular weight excluding hydrogens is 252 g/mol. The Morgan fingerprint density at radius 3 is 2.60 bits per heavy atom. The number of nitrogens with zero attached hydrogens (tertiary/aromatic N) is 1. The molecule has 2 rings (SSSR count). The molecule has 0 unspecified atom stereocenters. The summed E-state index contributed by atoms with van der Waals surface area (Å²) in [7, 11) is 0. The molecule has 4 heteroatoms. The Balaban J connectivity index is 2.15. The molecule has 0 aliphatic rings. The zero-order valence-electron chi connectivity index (χ0n) is 11.7. The van der Waals surface area contributed by atoms with Gasteiger partial charge in [0.05, 0.1) is 11.8 Å². The molecule has 1 amide bonds. The van der Waals surface area contributed by atoms with Crippen LogP contribution < -0.4 is 5.73 Å². The van der Waals surface area contributed by atoms with Crippen LogP contribution in [0.25, 0.3) is 0 Å². The molecule has 0 saturated heterocycles. The normalized spacial score (nSPS) is 10.5. The third-order valence-electron chi connectivity index (χ3n) is 3.22. The summed E-state index contributed by atoms with van der Waals surface area (Å²) in [5.74, 6) is 0.648. The summed E-state index contributed by atoms with van der Waals surface area (Å²) in [4.78, 5) is 14.4. The number of furan rings is 1. The van der Waals surface area contributed by atoms with Crippen molar-refractivity contribution in [1.82, 2.24) is 4.90 Å². The number of hydrogen-bond acceptors (Lipinski definition) is 3. The largest absolute Gasteiger partial charge is 0.469 e. The van der Waals surface area contributed by atoms with Crippen molar-refractivity contribution in [3.05, 3.63) is 59.5 Å². The van der Waals surface area contributed by atoms with Gasteiger partial charge in [-0.2, -0.15) is 0 Å².